The summed E-state index contributed by atoms with van der Waals surface area (Å²) in [6.45, 7) is 16.6. The molecule has 0 saturated heterocycles. The summed E-state index contributed by atoms with van der Waals surface area (Å²) < 4.78 is 29.2. The Bertz CT molecular complexity index is 617. The third kappa shape index (κ3) is 5.06. The highest BCUT2D eigenvalue weighted by atomic mass is 32.2. The van der Waals surface area contributed by atoms with Gasteiger partial charge >= 0.3 is 0 Å². The van der Waals surface area contributed by atoms with Gasteiger partial charge in [-0.1, -0.05) is 67.0 Å². The van der Waals surface area contributed by atoms with Gasteiger partial charge in [-0.25, -0.2) is 13.1 Å². The van der Waals surface area contributed by atoms with Gasteiger partial charge in [0.05, 0.1) is 4.90 Å². The topological polar surface area (TPSA) is 46.2 Å². The Morgan fingerprint density at radius 2 is 1.33 bits per heavy atom. The second-order valence-electron chi connectivity index (χ2n) is 7.80. The number of rotatable bonds is 8. The fraction of sp³-hybridized carbons (Fsp3) is 0.700. The molecule has 0 aromatic heterocycles. The molecule has 1 N–H and O–H groups in total. The minimum atomic E-state index is -3.53. The van der Waals surface area contributed by atoms with E-state index in [-0.39, 0.29) is 17.9 Å². The molecule has 0 spiro atoms. The van der Waals surface area contributed by atoms with Gasteiger partial charge in [0.25, 0.3) is 0 Å². The van der Waals surface area contributed by atoms with Gasteiger partial charge in [0, 0.05) is 6.04 Å². The largest absolute Gasteiger partial charge is 0.241 e. The highest BCUT2D eigenvalue weighted by Gasteiger charge is 2.27. The van der Waals surface area contributed by atoms with Crippen molar-refractivity contribution >= 4 is 10.0 Å². The summed E-state index contributed by atoms with van der Waals surface area (Å²) in [5, 5.41) is 0. The predicted molar refractivity (Wildman–Crippen MR) is 103 cm³/mol. The maximum absolute atomic E-state index is 13.1. The van der Waals surface area contributed by atoms with Crippen molar-refractivity contribution in [2.24, 2.45) is 0 Å². The summed E-state index contributed by atoms with van der Waals surface area (Å²) in [4.78, 5) is 0.500. The van der Waals surface area contributed by atoms with E-state index < -0.39 is 10.0 Å². The molecule has 138 valence electrons. The molecule has 1 rings (SSSR count). The Kier molecular flexibility index (Phi) is 7.48. The molecule has 1 atom stereocenters. The fourth-order valence-electron chi connectivity index (χ4n) is 3.02. The van der Waals surface area contributed by atoms with Crippen molar-refractivity contribution < 1.29 is 8.42 Å². The van der Waals surface area contributed by atoms with E-state index in [0.717, 1.165) is 24.0 Å². The SMILES string of the molecule is CCCC(C)NS(=O)(=O)c1c(C(C)C)cc(C(C)C)cc1C(C)C. The molecule has 0 fully saturated rings. The van der Waals surface area contributed by atoms with Crippen LogP contribution in [0.15, 0.2) is 17.0 Å². The molecule has 0 aliphatic carbocycles. The lowest BCUT2D eigenvalue weighted by Crippen LogP contribution is -2.34. The first-order valence-corrected chi connectivity index (χ1v) is 10.7. The van der Waals surface area contributed by atoms with E-state index in [1.165, 1.54) is 5.56 Å². The Morgan fingerprint density at radius 3 is 1.67 bits per heavy atom. The van der Waals surface area contributed by atoms with Gasteiger partial charge < -0.3 is 0 Å². The molecule has 1 aromatic rings. The fourth-order valence-corrected chi connectivity index (χ4v) is 4.99. The predicted octanol–water partition coefficient (Wildman–Crippen LogP) is 5.52. The van der Waals surface area contributed by atoms with Gasteiger partial charge in [-0.15, -0.1) is 0 Å². The normalized spacial score (nSPS) is 14.0. The summed E-state index contributed by atoms with van der Waals surface area (Å²) in [7, 11) is -3.53. The number of nitrogens with one attached hydrogen (secondary N) is 1. The molecule has 0 aliphatic rings. The molecule has 0 aliphatic heterocycles. The van der Waals surface area contributed by atoms with E-state index in [2.05, 4.69) is 65.3 Å². The molecule has 0 bridgehead atoms. The molecule has 4 heteroatoms. The summed E-state index contributed by atoms with van der Waals surface area (Å²) in [5.41, 5.74) is 3.07. The third-order valence-corrected chi connectivity index (χ3v) is 6.15. The number of benzene rings is 1. The summed E-state index contributed by atoms with van der Waals surface area (Å²) in [6.07, 6.45) is 1.81. The summed E-state index contributed by atoms with van der Waals surface area (Å²) in [6, 6.07) is 4.12. The monoisotopic (exact) mass is 353 g/mol. The standard InChI is InChI=1S/C20H35NO2S/c1-9-10-16(8)21-24(22,23)20-18(14(4)5)11-17(13(2)3)12-19(20)15(6)7/h11-16,21H,9-10H2,1-8H3. The van der Waals surface area contributed by atoms with E-state index in [0.29, 0.717) is 10.8 Å². The van der Waals surface area contributed by atoms with E-state index >= 15 is 0 Å². The first-order valence-electron chi connectivity index (χ1n) is 9.21. The van der Waals surface area contributed by atoms with Gasteiger partial charge in [0.1, 0.15) is 0 Å². The molecule has 0 saturated carbocycles. The smallest absolute Gasteiger partial charge is 0.208 e. The lowest BCUT2D eigenvalue weighted by atomic mass is 9.89. The maximum atomic E-state index is 13.1. The number of sulfonamides is 1. The Morgan fingerprint density at radius 1 is 0.875 bits per heavy atom. The average Bonchev–Trinajstić information content (AvgIpc) is 2.45. The number of hydrogen-bond donors (Lipinski definition) is 1. The van der Waals surface area contributed by atoms with Crippen LogP contribution in [0, 0.1) is 0 Å². The lowest BCUT2D eigenvalue weighted by molar-refractivity contribution is 0.540. The van der Waals surface area contributed by atoms with Gasteiger partial charge in [-0.05, 0) is 47.8 Å². The van der Waals surface area contributed by atoms with Gasteiger partial charge in [0.2, 0.25) is 10.0 Å². The van der Waals surface area contributed by atoms with Crippen LogP contribution in [0.3, 0.4) is 0 Å². The molecular formula is C20H35NO2S. The van der Waals surface area contributed by atoms with Gasteiger partial charge in [0.15, 0.2) is 0 Å². The van der Waals surface area contributed by atoms with Crippen molar-refractivity contribution in [2.45, 2.75) is 96.9 Å². The van der Waals surface area contributed by atoms with Crippen molar-refractivity contribution in [1.29, 1.82) is 0 Å². The van der Waals surface area contributed by atoms with Crippen molar-refractivity contribution in [2.75, 3.05) is 0 Å². The number of hydrogen-bond acceptors (Lipinski definition) is 2. The second-order valence-corrected chi connectivity index (χ2v) is 9.45. The highest BCUT2D eigenvalue weighted by molar-refractivity contribution is 7.89. The molecule has 24 heavy (non-hydrogen) atoms. The molecule has 3 nitrogen and oxygen atoms in total. The zero-order chi connectivity index (χ0) is 18.7. The van der Waals surface area contributed by atoms with E-state index in [1.54, 1.807) is 0 Å². The quantitative estimate of drug-likeness (QED) is 0.668. The van der Waals surface area contributed by atoms with E-state index in [4.69, 9.17) is 0 Å². The molecule has 0 heterocycles. The Labute approximate surface area is 149 Å². The molecule has 1 aromatic carbocycles. The van der Waals surface area contributed by atoms with Crippen LogP contribution in [0.25, 0.3) is 0 Å². The van der Waals surface area contributed by atoms with Crippen LogP contribution in [0.4, 0.5) is 0 Å². The van der Waals surface area contributed by atoms with Gasteiger partial charge in [-0.3, -0.25) is 0 Å². The molecule has 0 radical (unpaired) electrons. The van der Waals surface area contributed by atoms with Crippen molar-refractivity contribution in [3.8, 4) is 0 Å². The van der Waals surface area contributed by atoms with E-state index in [9.17, 15) is 8.42 Å². The third-order valence-electron chi connectivity index (χ3n) is 4.43. The van der Waals surface area contributed by atoms with Crippen molar-refractivity contribution in [3.63, 3.8) is 0 Å². The molecule has 0 amide bonds. The minimum absolute atomic E-state index is 0.0511. The maximum Gasteiger partial charge on any atom is 0.241 e. The Balaban J connectivity index is 3.59. The van der Waals surface area contributed by atoms with Crippen LogP contribution in [0.1, 0.15) is 103 Å². The van der Waals surface area contributed by atoms with Crippen LogP contribution in [0.5, 0.6) is 0 Å². The van der Waals surface area contributed by atoms with Crippen LogP contribution < -0.4 is 4.72 Å². The highest BCUT2D eigenvalue weighted by Crippen LogP contribution is 2.35. The lowest BCUT2D eigenvalue weighted by Gasteiger charge is -2.24. The van der Waals surface area contributed by atoms with Crippen LogP contribution in [0.2, 0.25) is 0 Å². The second kappa shape index (κ2) is 8.48. The van der Waals surface area contributed by atoms with Crippen molar-refractivity contribution in [1.82, 2.24) is 4.72 Å². The Hall–Kier alpha value is -0.870. The zero-order valence-electron chi connectivity index (χ0n) is 16.6. The first-order chi connectivity index (χ1) is 11.0. The average molecular weight is 354 g/mol. The molecule has 1 unspecified atom stereocenters. The van der Waals surface area contributed by atoms with Crippen LogP contribution >= 0.6 is 0 Å². The van der Waals surface area contributed by atoms with E-state index in [1.807, 2.05) is 6.92 Å². The summed E-state index contributed by atoms with van der Waals surface area (Å²) in [5.74, 6) is 0.701. The summed E-state index contributed by atoms with van der Waals surface area (Å²) >= 11 is 0. The zero-order valence-corrected chi connectivity index (χ0v) is 17.4. The van der Waals surface area contributed by atoms with Crippen molar-refractivity contribution in [3.05, 3.63) is 28.8 Å². The first kappa shape index (κ1) is 21.2. The van der Waals surface area contributed by atoms with Crippen LogP contribution in [-0.2, 0) is 10.0 Å². The van der Waals surface area contributed by atoms with Crippen LogP contribution in [-0.4, -0.2) is 14.5 Å². The minimum Gasteiger partial charge on any atom is -0.208 e. The molecular weight excluding hydrogens is 318 g/mol. The van der Waals surface area contributed by atoms with Gasteiger partial charge in [-0.2, -0.15) is 0 Å².